The Kier molecular flexibility index (Phi) is 13.6. The Bertz CT molecular complexity index is 1560. The van der Waals surface area contributed by atoms with E-state index in [1.165, 1.54) is 48.5 Å². The maximum absolute atomic E-state index is 11.8. The van der Waals surface area contributed by atoms with Gasteiger partial charge in [-0.15, -0.1) is 0 Å². The number of amides is 2. The molecule has 0 atom stereocenters. The summed E-state index contributed by atoms with van der Waals surface area (Å²) in [5, 5.41) is 50.2. The molecule has 0 heterocycles. The first-order chi connectivity index (χ1) is 20.0. The fraction of sp³-hybridized carbons (Fsp3) is 0. The molecule has 0 aliphatic carbocycles. The first-order valence-corrected chi connectivity index (χ1v) is 13.0. The molecule has 0 saturated heterocycles. The molecule has 0 aromatic heterocycles. The minimum atomic E-state index is -0.607. The van der Waals surface area contributed by atoms with Crippen LogP contribution in [0.3, 0.4) is 0 Å². The van der Waals surface area contributed by atoms with Crippen LogP contribution < -0.4 is 21.1 Å². The number of para-hydroxylation sites is 2. The standard InChI is InChI=1S/2C14H10Cl2N2O3.Fe/c2*15-9-5-8(13(20)11(16)6-9)7-17-18-14(21)10-3-1-2-4-12(10)19;/h2*1-7,19-20H,(H,18,21);/q;;+2/p-2/b2*17-7+;. The van der Waals surface area contributed by atoms with Gasteiger partial charge in [0, 0.05) is 20.1 Å². The molecule has 43 heavy (non-hydrogen) atoms. The maximum atomic E-state index is 11.8. The van der Waals surface area contributed by atoms with Crippen LogP contribution in [0.25, 0.3) is 0 Å². The summed E-state index contributed by atoms with van der Waals surface area (Å²) < 4.78 is 0. The molecule has 4 N–H and O–H groups in total. The van der Waals surface area contributed by atoms with Crippen molar-refractivity contribution in [2.45, 2.75) is 0 Å². The molecule has 0 radical (unpaired) electrons. The second kappa shape index (κ2) is 16.6. The van der Waals surface area contributed by atoms with E-state index in [2.05, 4.69) is 21.1 Å². The molecule has 0 aliphatic heterocycles. The number of phenolic OH excluding ortho intramolecular Hbond substituents is 2. The zero-order valence-corrected chi connectivity index (χ0v) is 25.5. The van der Waals surface area contributed by atoms with E-state index in [-0.39, 0.29) is 70.9 Å². The normalized spacial score (nSPS) is 10.5. The second-order valence-corrected chi connectivity index (χ2v) is 9.73. The number of carbonyl (C=O) groups excluding carboxylic acids is 2. The van der Waals surface area contributed by atoms with E-state index in [0.717, 1.165) is 12.4 Å². The zero-order valence-electron chi connectivity index (χ0n) is 21.4. The Balaban J connectivity index is 0.000000293. The number of rotatable bonds is 6. The van der Waals surface area contributed by atoms with Crippen LogP contribution in [0, 0.1) is 0 Å². The van der Waals surface area contributed by atoms with Gasteiger partial charge in [0.1, 0.15) is 11.5 Å². The summed E-state index contributed by atoms with van der Waals surface area (Å²) in [6.45, 7) is 0. The second-order valence-electron chi connectivity index (χ2n) is 8.04. The number of carbonyl (C=O) groups is 2. The van der Waals surface area contributed by atoms with Crippen molar-refractivity contribution in [3.05, 3.63) is 115 Å². The largest absolute Gasteiger partial charge is 2.00 e. The van der Waals surface area contributed by atoms with E-state index >= 15 is 0 Å². The predicted octanol–water partition coefficient (Wildman–Crippen LogP) is 5.07. The van der Waals surface area contributed by atoms with Gasteiger partial charge in [0.2, 0.25) is 0 Å². The van der Waals surface area contributed by atoms with Crippen LogP contribution in [0.4, 0.5) is 0 Å². The zero-order chi connectivity index (χ0) is 30.8. The van der Waals surface area contributed by atoms with Crippen molar-refractivity contribution in [1.29, 1.82) is 0 Å². The number of hydrazone groups is 2. The van der Waals surface area contributed by atoms with E-state index < -0.39 is 23.3 Å². The third-order valence-electron chi connectivity index (χ3n) is 5.11. The van der Waals surface area contributed by atoms with Crippen molar-refractivity contribution < 1.29 is 47.1 Å². The van der Waals surface area contributed by atoms with Gasteiger partial charge in [0.05, 0.1) is 23.6 Å². The summed E-state index contributed by atoms with van der Waals surface area (Å²) in [4.78, 5) is 23.5. The molecule has 0 fully saturated rings. The molecule has 0 spiro atoms. The SMILES string of the molecule is O=C(N/N=C/c1cc(Cl)cc(Cl)c1[O-])c1ccccc1O.O=C(N/N=C/c1cc(Cl)cc(Cl)c1[O-])c1ccccc1O.[Fe+2]. The molecule has 0 aliphatic rings. The van der Waals surface area contributed by atoms with Crippen LogP contribution in [0.5, 0.6) is 23.0 Å². The summed E-state index contributed by atoms with van der Waals surface area (Å²) in [5.41, 5.74) is 4.83. The molecule has 4 aromatic rings. The minimum Gasteiger partial charge on any atom is -0.871 e. The topological polar surface area (TPSA) is 169 Å². The number of nitrogens with one attached hydrogen (secondary N) is 2. The number of halogens is 4. The van der Waals surface area contributed by atoms with Gasteiger partial charge in [-0.1, -0.05) is 82.2 Å². The summed E-state index contributed by atoms with van der Waals surface area (Å²) >= 11 is 22.9. The van der Waals surface area contributed by atoms with Crippen LogP contribution in [0.1, 0.15) is 31.8 Å². The number of aromatic hydroxyl groups is 2. The summed E-state index contributed by atoms with van der Waals surface area (Å²) in [5.74, 6) is -2.43. The van der Waals surface area contributed by atoms with Crippen molar-refractivity contribution in [3.8, 4) is 23.0 Å². The molecule has 2 amide bonds. The van der Waals surface area contributed by atoms with Crippen molar-refractivity contribution in [2.75, 3.05) is 0 Å². The molecule has 0 saturated carbocycles. The van der Waals surface area contributed by atoms with Gasteiger partial charge in [-0.2, -0.15) is 10.2 Å². The van der Waals surface area contributed by atoms with Crippen molar-refractivity contribution in [2.24, 2.45) is 10.2 Å². The molecule has 15 heteroatoms. The van der Waals surface area contributed by atoms with Crippen LogP contribution in [0.15, 0.2) is 83.0 Å². The number of hydrogen-bond acceptors (Lipinski definition) is 8. The molecular weight excluding hydrogens is 686 g/mol. The van der Waals surface area contributed by atoms with Crippen LogP contribution in [-0.4, -0.2) is 34.5 Å². The predicted molar refractivity (Wildman–Crippen MR) is 158 cm³/mol. The molecule has 222 valence electrons. The van der Waals surface area contributed by atoms with Gasteiger partial charge in [0.25, 0.3) is 11.8 Å². The fourth-order valence-electron chi connectivity index (χ4n) is 3.12. The quantitative estimate of drug-likeness (QED) is 0.124. The van der Waals surface area contributed by atoms with Gasteiger partial charge in [-0.3, -0.25) is 9.59 Å². The van der Waals surface area contributed by atoms with E-state index in [0.29, 0.717) is 0 Å². The van der Waals surface area contributed by atoms with E-state index in [1.807, 2.05) is 0 Å². The molecule has 10 nitrogen and oxygen atoms in total. The summed E-state index contributed by atoms with van der Waals surface area (Å²) in [6, 6.07) is 17.4. The smallest absolute Gasteiger partial charge is 0.871 e. The molecule has 4 aromatic carbocycles. The number of hydrogen-bond donors (Lipinski definition) is 4. The van der Waals surface area contributed by atoms with Gasteiger partial charge in [0.15, 0.2) is 0 Å². The van der Waals surface area contributed by atoms with Gasteiger partial charge < -0.3 is 20.4 Å². The molecule has 0 unspecified atom stereocenters. The minimum absolute atomic E-state index is 0. The molecular formula is C28H18Cl4FeN4O6. The first kappa shape index (κ1) is 35.2. The molecule has 0 bridgehead atoms. The van der Waals surface area contributed by atoms with Gasteiger partial charge in [-0.25, -0.2) is 10.9 Å². The Hall–Kier alpha value is -3.96. The summed E-state index contributed by atoms with van der Waals surface area (Å²) in [7, 11) is 0. The van der Waals surface area contributed by atoms with Crippen LogP contribution in [0.2, 0.25) is 20.1 Å². The Morgan fingerprint density at radius 2 is 1.00 bits per heavy atom. The summed E-state index contributed by atoms with van der Waals surface area (Å²) in [6.07, 6.45) is 2.27. The third-order valence-corrected chi connectivity index (χ3v) is 6.11. The van der Waals surface area contributed by atoms with Crippen LogP contribution in [-0.2, 0) is 17.1 Å². The monoisotopic (exact) mass is 702 g/mol. The van der Waals surface area contributed by atoms with E-state index in [9.17, 15) is 30.0 Å². The first-order valence-electron chi connectivity index (χ1n) is 11.5. The fourth-order valence-corrected chi connectivity index (χ4v) is 4.14. The van der Waals surface area contributed by atoms with Gasteiger partial charge in [-0.05, 0) is 59.7 Å². The van der Waals surface area contributed by atoms with Crippen molar-refractivity contribution in [3.63, 3.8) is 0 Å². The van der Waals surface area contributed by atoms with Crippen molar-refractivity contribution in [1.82, 2.24) is 10.9 Å². The third kappa shape index (κ3) is 10.1. The number of phenols is 2. The maximum Gasteiger partial charge on any atom is 2.00 e. The van der Waals surface area contributed by atoms with E-state index in [4.69, 9.17) is 46.4 Å². The van der Waals surface area contributed by atoms with Crippen molar-refractivity contribution >= 4 is 70.6 Å². The average Bonchev–Trinajstić information content (AvgIpc) is 2.94. The Morgan fingerprint density at radius 3 is 1.35 bits per heavy atom. The molecule has 4 rings (SSSR count). The van der Waals surface area contributed by atoms with Gasteiger partial charge >= 0.3 is 17.1 Å². The Morgan fingerprint density at radius 1 is 0.651 bits per heavy atom. The average molecular weight is 704 g/mol. The van der Waals surface area contributed by atoms with E-state index in [1.54, 1.807) is 24.3 Å². The van der Waals surface area contributed by atoms with Crippen LogP contribution >= 0.6 is 46.4 Å². The number of benzene rings is 4. The number of nitrogens with zero attached hydrogens (tertiary/aromatic N) is 2. The Labute approximate surface area is 275 Å².